The standard InChI is InChI=1S/C6H10N4.C2H6/c1-5-8-9-6-4-7-2-3-10(5)6;1-2/h7H,2-4H2,1H3;1-2H3. The quantitative estimate of drug-likeness (QED) is 0.620. The van der Waals surface area contributed by atoms with Crippen molar-refractivity contribution in [1.82, 2.24) is 20.1 Å². The van der Waals surface area contributed by atoms with Gasteiger partial charge in [0.15, 0.2) is 0 Å². The Labute approximate surface area is 73.0 Å². The highest BCUT2D eigenvalue weighted by Crippen LogP contribution is 2.03. The lowest BCUT2D eigenvalue weighted by Gasteiger charge is -2.14. The smallest absolute Gasteiger partial charge is 0.147 e. The van der Waals surface area contributed by atoms with E-state index in [1.807, 2.05) is 20.8 Å². The van der Waals surface area contributed by atoms with Crippen molar-refractivity contribution in [3.63, 3.8) is 0 Å². The Morgan fingerprint density at radius 2 is 2.08 bits per heavy atom. The van der Waals surface area contributed by atoms with Gasteiger partial charge in [-0.3, -0.25) is 0 Å². The Kier molecular flexibility index (Phi) is 3.22. The van der Waals surface area contributed by atoms with Gasteiger partial charge < -0.3 is 9.88 Å². The highest BCUT2D eigenvalue weighted by molar-refractivity contribution is 4.95. The van der Waals surface area contributed by atoms with Crippen LogP contribution in [0, 0.1) is 6.92 Å². The largest absolute Gasteiger partial charge is 0.313 e. The van der Waals surface area contributed by atoms with Crippen molar-refractivity contribution in [2.45, 2.75) is 33.9 Å². The van der Waals surface area contributed by atoms with Crippen molar-refractivity contribution in [3.8, 4) is 0 Å². The van der Waals surface area contributed by atoms with Gasteiger partial charge in [0.25, 0.3) is 0 Å². The van der Waals surface area contributed by atoms with Crippen LogP contribution in [0.5, 0.6) is 0 Å². The molecule has 2 rings (SSSR count). The Morgan fingerprint density at radius 1 is 1.33 bits per heavy atom. The lowest BCUT2D eigenvalue weighted by Crippen LogP contribution is -2.28. The lowest BCUT2D eigenvalue weighted by molar-refractivity contribution is 0.499. The Balaban J connectivity index is 0.000000336. The summed E-state index contributed by atoms with van der Waals surface area (Å²) in [6.07, 6.45) is 0. The summed E-state index contributed by atoms with van der Waals surface area (Å²) < 4.78 is 2.15. The van der Waals surface area contributed by atoms with Crippen LogP contribution in [0.15, 0.2) is 0 Å². The van der Waals surface area contributed by atoms with Crippen molar-refractivity contribution in [2.75, 3.05) is 6.54 Å². The van der Waals surface area contributed by atoms with E-state index in [0.29, 0.717) is 0 Å². The number of fused-ring (bicyclic) bond motifs is 1. The average molecular weight is 168 g/mol. The van der Waals surface area contributed by atoms with E-state index in [9.17, 15) is 0 Å². The van der Waals surface area contributed by atoms with Crippen LogP contribution in [-0.4, -0.2) is 21.3 Å². The third kappa shape index (κ3) is 1.64. The van der Waals surface area contributed by atoms with E-state index < -0.39 is 0 Å². The molecule has 0 radical (unpaired) electrons. The van der Waals surface area contributed by atoms with E-state index in [1.54, 1.807) is 0 Å². The topological polar surface area (TPSA) is 42.7 Å². The second-order valence-corrected chi connectivity index (χ2v) is 2.49. The van der Waals surface area contributed by atoms with E-state index in [4.69, 9.17) is 0 Å². The van der Waals surface area contributed by atoms with Crippen LogP contribution in [0.4, 0.5) is 0 Å². The van der Waals surface area contributed by atoms with Gasteiger partial charge in [0.1, 0.15) is 11.6 Å². The van der Waals surface area contributed by atoms with Crippen molar-refractivity contribution in [3.05, 3.63) is 11.6 Å². The molecule has 1 aromatic heterocycles. The van der Waals surface area contributed by atoms with Gasteiger partial charge in [-0.05, 0) is 6.92 Å². The first kappa shape index (κ1) is 9.19. The molecule has 0 saturated carbocycles. The monoisotopic (exact) mass is 168 g/mol. The minimum atomic E-state index is 0.862. The fraction of sp³-hybridized carbons (Fsp3) is 0.750. The predicted octanol–water partition coefficient (Wildman–Crippen LogP) is 0.716. The summed E-state index contributed by atoms with van der Waals surface area (Å²) in [5.74, 6) is 2.08. The summed E-state index contributed by atoms with van der Waals surface area (Å²) in [6, 6.07) is 0. The fourth-order valence-corrected chi connectivity index (χ4v) is 1.24. The molecule has 2 heterocycles. The number of hydrogen-bond donors (Lipinski definition) is 1. The van der Waals surface area contributed by atoms with Crippen LogP contribution < -0.4 is 5.32 Å². The number of nitrogens with zero attached hydrogens (tertiary/aromatic N) is 3. The molecule has 1 N–H and O–H groups in total. The molecule has 1 aliphatic heterocycles. The molecule has 4 nitrogen and oxygen atoms in total. The first-order valence-electron chi connectivity index (χ1n) is 4.47. The Hall–Kier alpha value is -0.900. The van der Waals surface area contributed by atoms with Gasteiger partial charge >= 0.3 is 0 Å². The molecule has 12 heavy (non-hydrogen) atoms. The highest BCUT2D eigenvalue weighted by atomic mass is 15.3. The highest BCUT2D eigenvalue weighted by Gasteiger charge is 2.11. The minimum Gasteiger partial charge on any atom is -0.313 e. The summed E-state index contributed by atoms with van der Waals surface area (Å²) >= 11 is 0. The van der Waals surface area contributed by atoms with Crippen LogP contribution in [0.25, 0.3) is 0 Å². The van der Waals surface area contributed by atoms with E-state index in [0.717, 1.165) is 31.3 Å². The van der Waals surface area contributed by atoms with E-state index >= 15 is 0 Å². The second-order valence-electron chi connectivity index (χ2n) is 2.49. The molecule has 1 aromatic rings. The van der Waals surface area contributed by atoms with Gasteiger partial charge in [-0.15, -0.1) is 10.2 Å². The maximum Gasteiger partial charge on any atom is 0.147 e. The van der Waals surface area contributed by atoms with Gasteiger partial charge in [-0.2, -0.15) is 0 Å². The normalized spacial score (nSPS) is 14.6. The number of nitrogens with one attached hydrogen (secondary N) is 1. The third-order valence-corrected chi connectivity index (χ3v) is 1.81. The predicted molar refractivity (Wildman–Crippen MR) is 47.8 cm³/mol. The second kappa shape index (κ2) is 4.21. The molecule has 0 saturated heterocycles. The third-order valence-electron chi connectivity index (χ3n) is 1.81. The van der Waals surface area contributed by atoms with Gasteiger partial charge in [0.05, 0.1) is 6.54 Å². The summed E-state index contributed by atoms with van der Waals surface area (Å²) in [4.78, 5) is 0. The molecule has 0 fully saturated rings. The summed E-state index contributed by atoms with van der Waals surface area (Å²) in [7, 11) is 0. The molecule has 0 spiro atoms. The van der Waals surface area contributed by atoms with E-state index in [1.165, 1.54) is 0 Å². The Bertz CT molecular complexity index is 241. The van der Waals surface area contributed by atoms with Crippen molar-refractivity contribution in [2.24, 2.45) is 0 Å². The number of aromatic nitrogens is 3. The molecular formula is C8H16N4. The number of hydrogen-bond acceptors (Lipinski definition) is 3. The molecule has 0 bridgehead atoms. The molecule has 0 unspecified atom stereocenters. The van der Waals surface area contributed by atoms with Crippen LogP contribution in [0.3, 0.4) is 0 Å². The van der Waals surface area contributed by atoms with Crippen molar-refractivity contribution >= 4 is 0 Å². The van der Waals surface area contributed by atoms with Crippen molar-refractivity contribution < 1.29 is 0 Å². The summed E-state index contributed by atoms with van der Waals surface area (Å²) in [5.41, 5.74) is 0. The molecule has 0 atom stereocenters. The van der Waals surface area contributed by atoms with Gasteiger partial charge in [-0.25, -0.2) is 0 Å². The summed E-state index contributed by atoms with van der Waals surface area (Å²) in [6.45, 7) is 8.89. The fourth-order valence-electron chi connectivity index (χ4n) is 1.24. The van der Waals surface area contributed by atoms with Gasteiger partial charge in [0.2, 0.25) is 0 Å². The van der Waals surface area contributed by atoms with Gasteiger partial charge in [0, 0.05) is 13.1 Å². The maximum absolute atomic E-state index is 4.01. The minimum absolute atomic E-state index is 0.862. The van der Waals surface area contributed by atoms with Crippen LogP contribution in [0.2, 0.25) is 0 Å². The molecule has 0 amide bonds. The van der Waals surface area contributed by atoms with Crippen LogP contribution in [0.1, 0.15) is 25.5 Å². The summed E-state index contributed by atoms with van der Waals surface area (Å²) in [5, 5.41) is 11.2. The zero-order valence-electron chi connectivity index (χ0n) is 7.96. The average Bonchev–Trinajstić information content (AvgIpc) is 2.53. The number of rotatable bonds is 0. The van der Waals surface area contributed by atoms with E-state index in [-0.39, 0.29) is 0 Å². The van der Waals surface area contributed by atoms with Crippen LogP contribution in [-0.2, 0) is 13.1 Å². The maximum atomic E-state index is 4.01. The zero-order valence-corrected chi connectivity index (χ0v) is 7.96. The first-order valence-corrected chi connectivity index (χ1v) is 4.47. The molecule has 1 aliphatic rings. The molecule has 4 heteroatoms. The molecular weight excluding hydrogens is 152 g/mol. The molecule has 0 aliphatic carbocycles. The molecule has 68 valence electrons. The SMILES string of the molecule is CC.Cc1nnc2n1CCNC2. The Morgan fingerprint density at radius 3 is 2.75 bits per heavy atom. The van der Waals surface area contributed by atoms with Crippen molar-refractivity contribution in [1.29, 1.82) is 0 Å². The first-order chi connectivity index (χ1) is 5.88. The van der Waals surface area contributed by atoms with E-state index in [2.05, 4.69) is 20.1 Å². The number of aryl methyl sites for hydroxylation is 1. The van der Waals surface area contributed by atoms with Gasteiger partial charge in [-0.1, -0.05) is 13.8 Å². The molecule has 0 aromatic carbocycles. The lowest BCUT2D eigenvalue weighted by atomic mass is 10.4. The van der Waals surface area contributed by atoms with Crippen LogP contribution >= 0.6 is 0 Å². The zero-order chi connectivity index (χ0) is 8.97.